The number of benzene rings is 1. The van der Waals surface area contributed by atoms with Gasteiger partial charge in [-0.1, -0.05) is 39.8 Å². The summed E-state index contributed by atoms with van der Waals surface area (Å²) in [5.74, 6) is 1.78. The predicted octanol–water partition coefficient (Wildman–Crippen LogP) is 4.34. The summed E-state index contributed by atoms with van der Waals surface area (Å²) in [5, 5.41) is 0. The lowest BCUT2D eigenvalue weighted by molar-refractivity contribution is -0.153. The van der Waals surface area contributed by atoms with Gasteiger partial charge in [0.15, 0.2) is 0 Å². The standard InChI is InChI=1S/C17H24O2/c1-5-17(6-2)15(18)11-16(17)19-14-9-7-13(8-10-14)12(3)4/h7-10,12,16H,5-6,11H2,1-4H3. The Kier molecular flexibility index (Phi) is 3.98. The molecular formula is C17H24O2. The highest BCUT2D eigenvalue weighted by Crippen LogP contribution is 2.45. The molecule has 0 aromatic heterocycles. The van der Waals surface area contributed by atoms with E-state index in [1.54, 1.807) is 0 Å². The first-order chi connectivity index (χ1) is 9.03. The van der Waals surface area contributed by atoms with Gasteiger partial charge in [-0.25, -0.2) is 0 Å². The van der Waals surface area contributed by atoms with Gasteiger partial charge >= 0.3 is 0 Å². The van der Waals surface area contributed by atoms with Gasteiger partial charge in [0.1, 0.15) is 17.6 Å². The van der Waals surface area contributed by atoms with Crippen molar-refractivity contribution >= 4 is 5.78 Å². The van der Waals surface area contributed by atoms with E-state index in [1.165, 1.54) is 5.56 Å². The fourth-order valence-corrected chi connectivity index (χ4v) is 2.97. The van der Waals surface area contributed by atoms with Gasteiger partial charge in [-0.05, 0) is 36.5 Å². The number of Topliss-reactive ketones (excluding diaryl/α,β-unsaturated/α-hetero) is 1. The van der Waals surface area contributed by atoms with Crippen LogP contribution in [0.5, 0.6) is 5.75 Å². The Morgan fingerprint density at radius 3 is 2.21 bits per heavy atom. The Bertz CT molecular complexity index is 441. The summed E-state index contributed by atoms with van der Waals surface area (Å²) in [7, 11) is 0. The molecule has 19 heavy (non-hydrogen) atoms. The van der Waals surface area contributed by atoms with E-state index in [9.17, 15) is 4.79 Å². The van der Waals surface area contributed by atoms with Crippen LogP contribution in [0, 0.1) is 5.41 Å². The van der Waals surface area contributed by atoms with E-state index in [4.69, 9.17) is 4.74 Å². The minimum absolute atomic E-state index is 0.0555. The summed E-state index contributed by atoms with van der Waals surface area (Å²) in [6.07, 6.45) is 2.36. The van der Waals surface area contributed by atoms with Crippen LogP contribution in [0.1, 0.15) is 58.4 Å². The van der Waals surface area contributed by atoms with E-state index in [1.807, 2.05) is 12.1 Å². The van der Waals surface area contributed by atoms with Crippen molar-refractivity contribution in [3.63, 3.8) is 0 Å². The van der Waals surface area contributed by atoms with Gasteiger partial charge in [-0.3, -0.25) is 4.79 Å². The zero-order valence-corrected chi connectivity index (χ0v) is 12.4. The van der Waals surface area contributed by atoms with E-state index >= 15 is 0 Å². The predicted molar refractivity (Wildman–Crippen MR) is 77.6 cm³/mol. The van der Waals surface area contributed by atoms with Crippen LogP contribution in [0.2, 0.25) is 0 Å². The molecule has 0 bridgehead atoms. The van der Waals surface area contributed by atoms with Gasteiger partial charge in [-0.2, -0.15) is 0 Å². The van der Waals surface area contributed by atoms with Gasteiger partial charge in [-0.15, -0.1) is 0 Å². The van der Waals surface area contributed by atoms with Gasteiger partial charge in [0, 0.05) is 6.42 Å². The van der Waals surface area contributed by atoms with Crippen LogP contribution in [0.25, 0.3) is 0 Å². The van der Waals surface area contributed by atoms with Crippen LogP contribution >= 0.6 is 0 Å². The molecule has 0 heterocycles. The van der Waals surface area contributed by atoms with E-state index in [0.717, 1.165) is 18.6 Å². The van der Waals surface area contributed by atoms with Gasteiger partial charge in [0.25, 0.3) is 0 Å². The van der Waals surface area contributed by atoms with Gasteiger partial charge < -0.3 is 4.74 Å². The van der Waals surface area contributed by atoms with Crippen LogP contribution in [0.3, 0.4) is 0 Å². The van der Waals surface area contributed by atoms with Crippen molar-refractivity contribution in [3.8, 4) is 5.75 Å². The summed E-state index contributed by atoms with van der Waals surface area (Å²) in [6, 6.07) is 8.27. The van der Waals surface area contributed by atoms with Crippen molar-refractivity contribution in [2.75, 3.05) is 0 Å². The molecule has 0 radical (unpaired) electrons. The largest absolute Gasteiger partial charge is 0.489 e. The highest BCUT2D eigenvalue weighted by atomic mass is 16.5. The smallest absolute Gasteiger partial charge is 0.146 e. The van der Waals surface area contributed by atoms with E-state index < -0.39 is 0 Å². The summed E-state index contributed by atoms with van der Waals surface area (Å²) in [4.78, 5) is 11.9. The molecule has 2 nitrogen and oxygen atoms in total. The van der Waals surface area contributed by atoms with Crippen molar-refractivity contribution in [1.82, 2.24) is 0 Å². The number of ketones is 1. The molecule has 1 aromatic rings. The third-order valence-corrected chi connectivity index (χ3v) is 4.63. The van der Waals surface area contributed by atoms with E-state index in [2.05, 4.69) is 39.8 Å². The van der Waals surface area contributed by atoms with Crippen LogP contribution < -0.4 is 4.74 Å². The average Bonchev–Trinajstić information content (AvgIpc) is 2.40. The first kappa shape index (κ1) is 14.1. The molecule has 1 aliphatic rings. The number of hydrogen-bond acceptors (Lipinski definition) is 2. The number of hydrogen-bond donors (Lipinski definition) is 0. The molecule has 1 aromatic carbocycles. The normalized spacial score (nSPS) is 21.3. The third kappa shape index (κ3) is 2.41. The highest BCUT2D eigenvalue weighted by molar-refractivity contribution is 5.92. The maximum absolute atomic E-state index is 11.9. The SMILES string of the molecule is CCC1(CC)C(=O)CC1Oc1ccc(C(C)C)cc1. The molecule has 2 heteroatoms. The molecule has 1 unspecified atom stereocenters. The molecule has 0 aliphatic heterocycles. The van der Waals surface area contributed by atoms with Gasteiger partial charge in [0.05, 0.1) is 5.41 Å². The average molecular weight is 260 g/mol. The first-order valence-corrected chi connectivity index (χ1v) is 7.33. The fourth-order valence-electron chi connectivity index (χ4n) is 2.97. The maximum atomic E-state index is 11.9. The maximum Gasteiger partial charge on any atom is 0.146 e. The monoisotopic (exact) mass is 260 g/mol. The summed E-state index contributed by atoms with van der Waals surface area (Å²) in [6.45, 7) is 8.52. The second-order valence-electron chi connectivity index (χ2n) is 5.82. The van der Waals surface area contributed by atoms with Crippen molar-refractivity contribution < 1.29 is 9.53 Å². The Balaban J connectivity index is 2.08. The summed E-state index contributed by atoms with van der Waals surface area (Å²) >= 11 is 0. The molecule has 0 spiro atoms. The first-order valence-electron chi connectivity index (χ1n) is 7.33. The molecule has 104 valence electrons. The fraction of sp³-hybridized carbons (Fsp3) is 0.588. The molecule has 2 rings (SSSR count). The van der Waals surface area contributed by atoms with E-state index in [0.29, 0.717) is 18.1 Å². The lowest BCUT2D eigenvalue weighted by Gasteiger charge is -2.46. The molecule has 0 saturated heterocycles. The summed E-state index contributed by atoms with van der Waals surface area (Å²) in [5.41, 5.74) is 1.07. The lowest BCUT2D eigenvalue weighted by atomic mass is 9.61. The van der Waals surface area contributed by atoms with Crippen molar-refractivity contribution in [1.29, 1.82) is 0 Å². The molecule has 1 saturated carbocycles. The Morgan fingerprint density at radius 2 is 1.79 bits per heavy atom. The zero-order chi connectivity index (χ0) is 14.0. The molecular weight excluding hydrogens is 236 g/mol. The molecule has 1 aliphatic carbocycles. The highest BCUT2D eigenvalue weighted by Gasteiger charge is 2.53. The summed E-state index contributed by atoms with van der Waals surface area (Å²) < 4.78 is 6.03. The van der Waals surface area contributed by atoms with Crippen molar-refractivity contribution in [3.05, 3.63) is 29.8 Å². The van der Waals surface area contributed by atoms with Crippen LogP contribution in [0.15, 0.2) is 24.3 Å². The van der Waals surface area contributed by atoms with Gasteiger partial charge in [0.2, 0.25) is 0 Å². The van der Waals surface area contributed by atoms with E-state index in [-0.39, 0.29) is 11.5 Å². The van der Waals surface area contributed by atoms with Crippen LogP contribution in [0.4, 0.5) is 0 Å². The number of ether oxygens (including phenoxy) is 1. The van der Waals surface area contributed by atoms with Crippen molar-refractivity contribution in [2.24, 2.45) is 5.41 Å². The molecule has 0 amide bonds. The Hall–Kier alpha value is -1.31. The number of rotatable bonds is 5. The number of carbonyl (C=O) groups is 1. The van der Waals surface area contributed by atoms with Crippen LogP contribution in [-0.2, 0) is 4.79 Å². The van der Waals surface area contributed by atoms with Crippen LogP contribution in [-0.4, -0.2) is 11.9 Å². The lowest BCUT2D eigenvalue weighted by Crippen LogP contribution is -2.56. The quantitative estimate of drug-likeness (QED) is 0.787. The number of carbonyl (C=O) groups excluding carboxylic acids is 1. The molecule has 1 fully saturated rings. The minimum atomic E-state index is -0.239. The third-order valence-electron chi connectivity index (χ3n) is 4.63. The second-order valence-corrected chi connectivity index (χ2v) is 5.82. The molecule has 1 atom stereocenters. The Morgan fingerprint density at radius 1 is 1.21 bits per heavy atom. The zero-order valence-electron chi connectivity index (χ0n) is 12.4. The second kappa shape index (κ2) is 5.36. The van der Waals surface area contributed by atoms with Crippen molar-refractivity contribution in [2.45, 2.75) is 59.0 Å². The topological polar surface area (TPSA) is 26.3 Å². The Labute approximate surface area is 116 Å². The minimum Gasteiger partial charge on any atom is -0.489 e. The molecule has 0 N–H and O–H groups in total.